The van der Waals surface area contributed by atoms with E-state index in [4.69, 9.17) is 10.8 Å². The Bertz CT molecular complexity index is 528. The molecule has 8 heteroatoms. The minimum absolute atomic E-state index is 0.469. The molecular formula is C12H12F2N2O4. The standard InChI is InChI=1S/C12H12F2N2O4/c13-7-2-1-3-8(14)6(7)4-10(17)16-9(12(15)20)5-11(18)19/h1-3,9H,4-5H2,(H2,15,20)(H,16,17)(H,18,19)/t9-/m1/s1. The normalized spacial score (nSPS) is 11.7. The Kier molecular flexibility index (Phi) is 5.13. The molecule has 0 saturated carbocycles. The van der Waals surface area contributed by atoms with Crippen molar-refractivity contribution in [3.63, 3.8) is 0 Å². The van der Waals surface area contributed by atoms with Crippen LogP contribution in [0.1, 0.15) is 12.0 Å². The Morgan fingerprint density at radius 1 is 1.25 bits per heavy atom. The maximum Gasteiger partial charge on any atom is 0.305 e. The van der Waals surface area contributed by atoms with Crippen molar-refractivity contribution in [2.45, 2.75) is 18.9 Å². The topological polar surface area (TPSA) is 109 Å². The fourth-order valence-electron chi connectivity index (χ4n) is 1.50. The predicted molar refractivity (Wildman–Crippen MR) is 63.4 cm³/mol. The molecule has 0 unspecified atom stereocenters. The average Bonchev–Trinajstić information content (AvgIpc) is 2.32. The number of halogens is 2. The van der Waals surface area contributed by atoms with Gasteiger partial charge in [-0.05, 0) is 12.1 Å². The van der Waals surface area contributed by atoms with Gasteiger partial charge in [-0.25, -0.2) is 8.78 Å². The third kappa shape index (κ3) is 4.30. The number of benzene rings is 1. The number of nitrogens with two attached hydrogens (primary N) is 1. The number of primary amides is 1. The predicted octanol–water partition coefficient (Wildman–Crippen LogP) is -0.0479. The fraction of sp³-hybridized carbons (Fsp3) is 0.250. The van der Waals surface area contributed by atoms with Gasteiger partial charge in [0.1, 0.15) is 17.7 Å². The first-order chi connectivity index (χ1) is 9.31. The molecule has 0 aromatic heterocycles. The number of hydrogen-bond donors (Lipinski definition) is 3. The minimum Gasteiger partial charge on any atom is -0.481 e. The van der Waals surface area contributed by atoms with Crippen LogP contribution in [0, 0.1) is 11.6 Å². The first kappa shape index (κ1) is 15.5. The summed E-state index contributed by atoms with van der Waals surface area (Å²) in [6.45, 7) is 0. The summed E-state index contributed by atoms with van der Waals surface area (Å²) in [5, 5.41) is 10.6. The van der Waals surface area contributed by atoms with E-state index in [1.807, 2.05) is 5.32 Å². The number of carboxylic acid groups (broad SMARTS) is 1. The van der Waals surface area contributed by atoms with E-state index in [2.05, 4.69) is 0 Å². The molecule has 6 nitrogen and oxygen atoms in total. The summed E-state index contributed by atoms with van der Waals surface area (Å²) in [6.07, 6.45) is -1.37. The molecule has 4 N–H and O–H groups in total. The van der Waals surface area contributed by atoms with Crippen LogP contribution in [-0.4, -0.2) is 28.9 Å². The SMILES string of the molecule is NC(=O)[C@@H](CC(=O)O)NC(=O)Cc1c(F)cccc1F. The molecule has 2 amide bonds. The van der Waals surface area contributed by atoms with Crippen molar-refractivity contribution in [2.24, 2.45) is 5.73 Å². The van der Waals surface area contributed by atoms with Gasteiger partial charge in [0, 0.05) is 5.56 Å². The lowest BCUT2D eigenvalue weighted by Crippen LogP contribution is -2.46. The number of rotatable bonds is 6. The quantitative estimate of drug-likeness (QED) is 0.681. The monoisotopic (exact) mass is 286 g/mol. The smallest absolute Gasteiger partial charge is 0.305 e. The number of amides is 2. The number of aliphatic carboxylic acids is 1. The van der Waals surface area contributed by atoms with Gasteiger partial charge >= 0.3 is 5.97 Å². The Hall–Kier alpha value is -2.51. The van der Waals surface area contributed by atoms with Crippen LogP contribution >= 0.6 is 0 Å². The van der Waals surface area contributed by atoms with E-state index in [1.165, 1.54) is 0 Å². The van der Waals surface area contributed by atoms with Crippen molar-refractivity contribution in [1.29, 1.82) is 0 Å². The molecule has 0 bridgehead atoms. The lowest BCUT2D eigenvalue weighted by atomic mass is 10.1. The summed E-state index contributed by atoms with van der Waals surface area (Å²) < 4.78 is 26.6. The molecule has 0 aliphatic rings. The van der Waals surface area contributed by atoms with Crippen LogP contribution in [-0.2, 0) is 20.8 Å². The van der Waals surface area contributed by atoms with E-state index < -0.39 is 53.9 Å². The molecule has 0 spiro atoms. The highest BCUT2D eigenvalue weighted by Crippen LogP contribution is 2.12. The number of carbonyl (C=O) groups is 3. The van der Waals surface area contributed by atoms with Crippen LogP contribution in [0.4, 0.5) is 8.78 Å². The van der Waals surface area contributed by atoms with Gasteiger partial charge in [0.25, 0.3) is 0 Å². The van der Waals surface area contributed by atoms with Crippen molar-refractivity contribution in [3.05, 3.63) is 35.4 Å². The van der Waals surface area contributed by atoms with Crippen LogP contribution in [0.2, 0.25) is 0 Å². The third-order valence-corrected chi connectivity index (χ3v) is 2.46. The summed E-state index contributed by atoms with van der Waals surface area (Å²) in [6, 6.07) is 1.67. The third-order valence-electron chi connectivity index (χ3n) is 2.46. The van der Waals surface area contributed by atoms with Crippen LogP contribution in [0.3, 0.4) is 0 Å². The van der Waals surface area contributed by atoms with E-state index in [0.29, 0.717) is 0 Å². The molecule has 0 aliphatic carbocycles. The molecule has 1 aromatic rings. The second kappa shape index (κ2) is 6.60. The van der Waals surface area contributed by atoms with Crippen molar-refractivity contribution >= 4 is 17.8 Å². The van der Waals surface area contributed by atoms with Gasteiger partial charge in [0.05, 0.1) is 12.8 Å². The summed E-state index contributed by atoms with van der Waals surface area (Å²) >= 11 is 0. The van der Waals surface area contributed by atoms with Gasteiger partial charge < -0.3 is 16.2 Å². The highest BCUT2D eigenvalue weighted by atomic mass is 19.1. The zero-order valence-corrected chi connectivity index (χ0v) is 10.2. The van der Waals surface area contributed by atoms with Crippen molar-refractivity contribution < 1.29 is 28.3 Å². The van der Waals surface area contributed by atoms with Gasteiger partial charge in [-0.3, -0.25) is 14.4 Å². The van der Waals surface area contributed by atoms with Gasteiger partial charge in [-0.15, -0.1) is 0 Å². The number of hydrogen-bond acceptors (Lipinski definition) is 3. The molecule has 0 radical (unpaired) electrons. The lowest BCUT2D eigenvalue weighted by Gasteiger charge is -2.13. The first-order valence-corrected chi connectivity index (χ1v) is 5.54. The summed E-state index contributed by atoms with van der Waals surface area (Å²) in [5.41, 5.74) is 4.45. The van der Waals surface area contributed by atoms with Gasteiger partial charge in [0.2, 0.25) is 11.8 Å². The van der Waals surface area contributed by atoms with Crippen LogP contribution in [0.5, 0.6) is 0 Å². The highest BCUT2D eigenvalue weighted by Gasteiger charge is 2.22. The maximum atomic E-state index is 13.3. The zero-order chi connectivity index (χ0) is 15.3. The van der Waals surface area contributed by atoms with E-state index in [-0.39, 0.29) is 0 Å². The Morgan fingerprint density at radius 2 is 1.80 bits per heavy atom. The summed E-state index contributed by atoms with van der Waals surface area (Å²) in [7, 11) is 0. The molecule has 1 aromatic carbocycles. The second-order valence-electron chi connectivity index (χ2n) is 4.00. The van der Waals surface area contributed by atoms with Crippen LogP contribution < -0.4 is 11.1 Å². The minimum atomic E-state index is -1.44. The van der Waals surface area contributed by atoms with E-state index in [9.17, 15) is 23.2 Å². The number of carboxylic acids is 1. The Balaban J connectivity index is 2.76. The van der Waals surface area contributed by atoms with E-state index in [0.717, 1.165) is 18.2 Å². The second-order valence-corrected chi connectivity index (χ2v) is 4.00. The van der Waals surface area contributed by atoms with Crippen molar-refractivity contribution in [2.75, 3.05) is 0 Å². The molecule has 0 heterocycles. The molecule has 20 heavy (non-hydrogen) atoms. The molecular weight excluding hydrogens is 274 g/mol. The van der Waals surface area contributed by atoms with Gasteiger partial charge in [-0.2, -0.15) is 0 Å². The van der Waals surface area contributed by atoms with Crippen LogP contribution in [0.25, 0.3) is 0 Å². The Morgan fingerprint density at radius 3 is 2.25 bits per heavy atom. The molecule has 0 saturated heterocycles. The largest absolute Gasteiger partial charge is 0.481 e. The van der Waals surface area contributed by atoms with Gasteiger partial charge in [0.15, 0.2) is 0 Å². The molecule has 1 rings (SSSR count). The zero-order valence-electron chi connectivity index (χ0n) is 10.2. The van der Waals surface area contributed by atoms with Gasteiger partial charge in [-0.1, -0.05) is 6.07 Å². The Labute approximate surface area is 112 Å². The summed E-state index contributed by atoms with van der Waals surface area (Å²) in [4.78, 5) is 33.0. The van der Waals surface area contributed by atoms with Crippen molar-refractivity contribution in [3.8, 4) is 0 Å². The van der Waals surface area contributed by atoms with Crippen molar-refractivity contribution in [1.82, 2.24) is 5.32 Å². The fourth-order valence-corrected chi connectivity index (χ4v) is 1.50. The van der Waals surface area contributed by atoms with E-state index in [1.54, 1.807) is 0 Å². The maximum absolute atomic E-state index is 13.3. The molecule has 0 aliphatic heterocycles. The molecule has 108 valence electrons. The lowest BCUT2D eigenvalue weighted by molar-refractivity contribution is -0.140. The molecule has 0 fully saturated rings. The average molecular weight is 286 g/mol. The van der Waals surface area contributed by atoms with Crippen LogP contribution in [0.15, 0.2) is 18.2 Å². The molecule has 1 atom stereocenters. The first-order valence-electron chi connectivity index (χ1n) is 5.54. The summed E-state index contributed by atoms with van der Waals surface area (Å²) in [5.74, 6) is -5.11. The van der Waals surface area contributed by atoms with E-state index >= 15 is 0 Å². The highest BCUT2D eigenvalue weighted by molar-refractivity contribution is 5.90. The number of carbonyl (C=O) groups excluding carboxylic acids is 2. The number of nitrogens with one attached hydrogen (secondary N) is 1.